The Morgan fingerprint density at radius 3 is 2.64 bits per heavy atom. The number of piperidine rings is 1. The molecule has 2 aliphatic rings. The maximum Gasteiger partial charge on any atom is 0.250 e. The van der Waals surface area contributed by atoms with E-state index in [0.29, 0.717) is 41.5 Å². The Morgan fingerprint density at radius 1 is 1.24 bits per heavy atom. The summed E-state index contributed by atoms with van der Waals surface area (Å²) < 4.78 is 19.9. The van der Waals surface area contributed by atoms with Gasteiger partial charge >= 0.3 is 0 Å². The number of benzene rings is 1. The summed E-state index contributed by atoms with van der Waals surface area (Å²) in [6.45, 7) is 9.69. The maximum absolute atomic E-state index is 14.1. The van der Waals surface area contributed by atoms with Crippen LogP contribution in [0.25, 0.3) is 11.5 Å². The van der Waals surface area contributed by atoms with Crippen molar-refractivity contribution in [1.29, 1.82) is 0 Å². The number of amides is 1. The minimum absolute atomic E-state index is 0.0267. The van der Waals surface area contributed by atoms with Gasteiger partial charge in [0.1, 0.15) is 5.82 Å². The minimum Gasteiger partial charge on any atom is -0.421 e. The first-order valence-corrected chi connectivity index (χ1v) is 12.1. The Labute approximate surface area is 195 Å². The standard InChI is InChI=1S/C26H35FN4O2/c1-16(2)22-13-19(14-24-29-30-26(33-24)21-6-4-5-7-23(21)27)17(3)12-20(22)15-31-10-8-18(9-11-31)25(28)32/h4-7,12,16,18-20,22H,8-11,13-15H2,1-3H3,(H2,28,32)/t19-,20-,22-/m0/s1. The zero-order chi connectivity index (χ0) is 23.5. The number of primary amides is 1. The number of nitrogens with zero attached hydrogens (tertiary/aromatic N) is 3. The van der Waals surface area contributed by atoms with Crippen molar-refractivity contribution in [2.75, 3.05) is 19.6 Å². The van der Waals surface area contributed by atoms with Gasteiger partial charge in [0.25, 0.3) is 5.89 Å². The minimum atomic E-state index is -0.357. The molecular formula is C26H35FN4O2. The molecule has 1 amide bonds. The van der Waals surface area contributed by atoms with Crippen LogP contribution >= 0.6 is 0 Å². The van der Waals surface area contributed by atoms with Gasteiger partial charge in [0.15, 0.2) is 0 Å². The number of carbonyl (C=O) groups excluding carboxylic acids is 1. The average molecular weight is 455 g/mol. The van der Waals surface area contributed by atoms with Crippen LogP contribution in [0.1, 0.15) is 45.9 Å². The monoisotopic (exact) mass is 454 g/mol. The van der Waals surface area contributed by atoms with Gasteiger partial charge in [-0.15, -0.1) is 10.2 Å². The highest BCUT2D eigenvalue weighted by Crippen LogP contribution is 2.39. The molecule has 33 heavy (non-hydrogen) atoms. The van der Waals surface area contributed by atoms with Gasteiger partial charge in [0.05, 0.1) is 5.56 Å². The molecule has 1 aliphatic carbocycles. The van der Waals surface area contributed by atoms with E-state index in [1.165, 1.54) is 11.6 Å². The molecule has 0 saturated carbocycles. The number of likely N-dealkylation sites (tertiary alicyclic amines) is 1. The van der Waals surface area contributed by atoms with Gasteiger partial charge < -0.3 is 15.1 Å². The summed E-state index contributed by atoms with van der Waals surface area (Å²) in [5.41, 5.74) is 7.19. The summed E-state index contributed by atoms with van der Waals surface area (Å²) in [6, 6.07) is 6.47. The first kappa shape index (κ1) is 23.6. The van der Waals surface area contributed by atoms with Crippen molar-refractivity contribution in [3.05, 3.63) is 47.6 Å². The Bertz CT molecular complexity index is 994. The summed E-state index contributed by atoms with van der Waals surface area (Å²) in [6.07, 6.45) is 5.90. The molecule has 1 saturated heterocycles. The lowest BCUT2D eigenvalue weighted by Crippen LogP contribution is -2.43. The number of halogens is 1. The molecule has 0 bridgehead atoms. The van der Waals surface area contributed by atoms with E-state index in [2.05, 4.69) is 41.9 Å². The summed E-state index contributed by atoms with van der Waals surface area (Å²) in [5.74, 6) is 2.24. The van der Waals surface area contributed by atoms with E-state index in [4.69, 9.17) is 10.2 Å². The van der Waals surface area contributed by atoms with Gasteiger partial charge in [-0.05, 0) is 75.1 Å². The van der Waals surface area contributed by atoms with Crippen molar-refractivity contribution in [1.82, 2.24) is 15.1 Å². The highest BCUT2D eigenvalue weighted by atomic mass is 19.1. The van der Waals surface area contributed by atoms with E-state index in [9.17, 15) is 9.18 Å². The molecular weight excluding hydrogens is 419 g/mol. The van der Waals surface area contributed by atoms with E-state index in [1.807, 2.05) is 0 Å². The third-order valence-electron chi connectivity index (χ3n) is 7.53. The molecule has 1 aliphatic heterocycles. The summed E-state index contributed by atoms with van der Waals surface area (Å²) in [7, 11) is 0. The highest BCUT2D eigenvalue weighted by Gasteiger charge is 2.34. The van der Waals surface area contributed by atoms with Crippen LogP contribution in [0.3, 0.4) is 0 Å². The van der Waals surface area contributed by atoms with E-state index < -0.39 is 0 Å². The number of rotatable bonds is 7. The first-order valence-electron chi connectivity index (χ1n) is 12.1. The average Bonchev–Trinajstić information content (AvgIpc) is 3.24. The van der Waals surface area contributed by atoms with Crippen LogP contribution in [0.4, 0.5) is 4.39 Å². The number of aromatic nitrogens is 2. The highest BCUT2D eigenvalue weighted by molar-refractivity contribution is 5.76. The molecule has 0 unspecified atom stereocenters. The second-order valence-corrected chi connectivity index (χ2v) is 10.1. The van der Waals surface area contributed by atoms with Gasteiger partial charge in [-0.3, -0.25) is 4.79 Å². The number of hydrogen-bond acceptors (Lipinski definition) is 5. The number of nitrogens with two attached hydrogens (primary N) is 1. The van der Waals surface area contributed by atoms with E-state index in [1.54, 1.807) is 18.2 Å². The lowest BCUT2D eigenvalue weighted by molar-refractivity contribution is -0.123. The number of carbonyl (C=O) groups is 1. The summed E-state index contributed by atoms with van der Waals surface area (Å²) in [5, 5.41) is 8.30. The van der Waals surface area contributed by atoms with E-state index in [0.717, 1.165) is 38.9 Å². The Morgan fingerprint density at radius 2 is 1.97 bits per heavy atom. The summed E-state index contributed by atoms with van der Waals surface area (Å²) >= 11 is 0. The van der Waals surface area contributed by atoms with Gasteiger partial charge in [-0.1, -0.05) is 37.6 Å². The van der Waals surface area contributed by atoms with Gasteiger partial charge in [0, 0.05) is 18.9 Å². The molecule has 0 radical (unpaired) electrons. The quantitative estimate of drug-likeness (QED) is 0.624. The molecule has 0 spiro atoms. The topological polar surface area (TPSA) is 85.2 Å². The van der Waals surface area contributed by atoms with Crippen molar-refractivity contribution >= 4 is 5.91 Å². The molecule has 3 atom stereocenters. The normalized spacial score (nSPS) is 24.8. The van der Waals surface area contributed by atoms with Crippen LogP contribution in [0, 0.1) is 35.4 Å². The van der Waals surface area contributed by atoms with Crippen LogP contribution in [-0.4, -0.2) is 40.6 Å². The summed E-state index contributed by atoms with van der Waals surface area (Å²) in [4.78, 5) is 14.0. The fourth-order valence-corrected chi connectivity index (χ4v) is 5.47. The van der Waals surface area contributed by atoms with Crippen molar-refractivity contribution in [3.63, 3.8) is 0 Å². The smallest absolute Gasteiger partial charge is 0.250 e. The zero-order valence-electron chi connectivity index (χ0n) is 19.8. The van der Waals surface area contributed by atoms with Gasteiger partial charge in [0.2, 0.25) is 11.8 Å². The first-order chi connectivity index (χ1) is 15.8. The molecule has 2 heterocycles. The molecule has 6 nitrogen and oxygen atoms in total. The molecule has 2 aromatic rings. The molecule has 7 heteroatoms. The van der Waals surface area contributed by atoms with Crippen LogP contribution < -0.4 is 5.73 Å². The van der Waals surface area contributed by atoms with Crippen LogP contribution in [0.15, 0.2) is 40.3 Å². The second kappa shape index (κ2) is 10.2. The van der Waals surface area contributed by atoms with Crippen molar-refractivity contribution in [3.8, 4) is 11.5 Å². The van der Waals surface area contributed by atoms with Crippen molar-refractivity contribution in [2.24, 2.45) is 35.3 Å². The molecule has 4 rings (SSSR count). The van der Waals surface area contributed by atoms with Gasteiger partial charge in [-0.2, -0.15) is 0 Å². The predicted octanol–water partition coefficient (Wildman–Crippen LogP) is 4.47. The van der Waals surface area contributed by atoms with Gasteiger partial charge in [-0.25, -0.2) is 4.39 Å². The Kier molecular flexibility index (Phi) is 7.27. The predicted molar refractivity (Wildman–Crippen MR) is 125 cm³/mol. The fraction of sp³-hybridized carbons (Fsp3) is 0.577. The van der Waals surface area contributed by atoms with Crippen LogP contribution in [-0.2, 0) is 11.2 Å². The SMILES string of the molecule is CC1=C[C@@H](CN2CCC(C(N)=O)CC2)[C@H](C(C)C)C[C@H]1Cc1nnc(-c2ccccc2F)o1. The van der Waals surface area contributed by atoms with Crippen molar-refractivity contribution in [2.45, 2.75) is 46.5 Å². The van der Waals surface area contributed by atoms with E-state index >= 15 is 0 Å². The van der Waals surface area contributed by atoms with E-state index in [-0.39, 0.29) is 23.5 Å². The second-order valence-electron chi connectivity index (χ2n) is 10.1. The zero-order valence-corrected chi connectivity index (χ0v) is 19.8. The third kappa shape index (κ3) is 5.52. The Balaban J connectivity index is 1.43. The fourth-order valence-electron chi connectivity index (χ4n) is 5.47. The van der Waals surface area contributed by atoms with Crippen LogP contribution in [0.2, 0.25) is 0 Å². The molecule has 1 aromatic carbocycles. The largest absolute Gasteiger partial charge is 0.421 e. The third-order valence-corrected chi connectivity index (χ3v) is 7.53. The lowest BCUT2D eigenvalue weighted by Gasteiger charge is -2.40. The Hall–Kier alpha value is -2.54. The number of hydrogen-bond donors (Lipinski definition) is 1. The molecule has 2 N–H and O–H groups in total. The lowest BCUT2D eigenvalue weighted by atomic mass is 9.69. The maximum atomic E-state index is 14.1. The molecule has 1 fully saturated rings. The molecule has 1 aromatic heterocycles. The van der Waals surface area contributed by atoms with Crippen LogP contribution in [0.5, 0.6) is 0 Å². The molecule has 178 valence electrons. The number of allylic oxidation sites excluding steroid dienone is 1. The van der Waals surface area contributed by atoms with Crippen molar-refractivity contribution < 1.29 is 13.6 Å².